The average molecular weight is 290 g/mol. The Morgan fingerprint density at radius 3 is 2.40 bits per heavy atom. The van der Waals surface area contributed by atoms with Gasteiger partial charge in [0.05, 0.1) is 17.6 Å². The van der Waals surface area contributed by atoms with Gasteiger partial charge in [0.1, 0.15) is 16.7 Å². The molecule has 0 unspecified atom stereocenters. The lowest BCUT2D eigenvalue weighted by molar-refractivity contribution is 0.102. The van der Waals surface area contributed by atoms with Gasteiger partial charge >= 0.3 is 0 Å². The number of carbonyl (C=O) groups is 1. The number of rotatable bonds is 4. The van der Waals surface area contributed by atoms with Crippen molar-refractivity contribution in [2.75, 3.05) is 12.4 Å². The molecular weight excluding hydrogens is 276 g/mol. The van der Waals surface area contributed by atoms with E-state index < -0.39 is 11.0 Å². The van der Waals surface area contributed by atoms with Crippen LogP contribution in [-0.2, 0) is 11.0 Å². The first-order chi connectivity index (χ1) is 9.61. The number of para-hydroxylation sites is 1. The Balaban J connectivity index is 2.17. The lowest BCUT2D eigenvalue weighted by Crippen LogP contribution is -2.13. The molecule has 104 valence electrons. The van der Waals surface area contributed by atoms with Crippen molar-refractivity contribution in [2.24, 2.45) is 5.14 Å². The fourth-order valence-electron chi connectivity index (χ4n) is 1.70. The Morgan fingerprint density at radius 2 is 1.80 bits per heavy atom. The van der Waals surface area contributed by atoms with Crippen LogP contribution in [0.15, 0.2) is 53.4 Å². The minimum Gasteiger partial charge on any atom is -0.496 e. The fraction of sp³-hybridized carbons (Fsp3) is 0.0714. The van der Waals surface area contributed by atoms with E-state index in [0.29, 0.717) is 21.9 Å². The second kappa shape index (κ2) is 6.31. The van der Waals surface area contributed by atoms with Crippen LogP contribution in [0.5, 0.6) is 5.75 Å². The maximum absolute atomic E-state index is 12.1. The molecule has 1 atom stereocenters. The minimum atomic E-state index is -1.52. The molecule has 0 bridgehead atoms. The van der Waals surface area contributed by atoms with Crippen LogP contribution in [0.3, 0.4) is 0 Å². The maximum atomic E-state index is 12.1. The summed E-state index contributed by atoms with van der Waals surface area (Å²) in [6.07, 6.45) is 0. The van der Waals surface area contributed by atoms with Gasteiger partial charge in [-0.25, -0.2) is 9.35 Å². The predicted octanol–water partition coefficient (Wildman–Crippen LogP) is 1.93. The van der Waals surface area contributed by atoms with Crippen LogP contribution in [0.1, 0.15) is 10.4 Å². The summed E-state index contributed by atoms with van der Waals surface area (Å²) in [5.41, 5.74) is 1.04. The van der Waals surface area contributed by atoms with Gasteiger partial charge in [0.2, 0.25) is 0 Å². The highest BCUT2D eigenvalue weighted by atomic mass is 32.2. The summed E-state index contributed by atoms with van der Waals surface area (Å²) in [5, 5.41) is 8.00. The highest BCUT2D eigenvalue weighted by molar-refractivity contribution is 7.82. The number of carbonyl (C=O) groups excluding carboxylic acids is 1. The molecule has 2 aromatic carbocycles. The molecule has 0 saturated carbocycles. The van der Waals surface area contributed by atoms with Gasteiger partial charge in [-0.1, -0.05) is 12.1 Å². The van der Waals surface area contributed by atoms with Gasteiger partial charge in [-0.15, -0.1) is 0 Å². The molecule has 20 heavy (non-hydrogen) atoms. The summed E-state index contributed by atoms with van der Waals surface area (Å²) >= 11 is 0. The van der Waals surface area contributed by atoms with E-state index in [1.807, 2.05) is 0 Å². The van der Waals surface area contributed by atoms with Crippen molar-refractivity contribution in [1.82, 2.24) is 0 Å². The molecule has 2 rings (SSSR count). The van der Waals surface area contributed by atoms with Gasteiger partial charge < -0.3 is 10.1 Å². The monoisotopic (exact) mass is 290 g/mol. The first kappa shape index (κ1) is 14.2. The number of methoxy groups -OCH3 is 1. The summed E-state index contributed by atoms with van der Waals surface area (Å²) in [6.45, 7) is 0. The Bertz CT molecular complexity index is 641. The van der Waals surface area contributed by atoms with E-state index in [1.165, 1.54) is 7.11 Å². The number of nitrogens with two attached hydrogens (primary N) is 1. The Hall–Kier alpha value is -2.18. The zero-order chi connectivity index (χ0) is 14.5. The van der Waals surface area contributed by atoms with Crippen LogP contribution in [0, 0.1) is 0 Å². The van der Waals surface area contributed by atoms with Crippen molar-refractivity contribution in [3.05, 3.63) is 54.1 Å². The topological polar surface area (TPSA) is 81.4 Å². The second-order valence-corrected chi connectivity index (χ2v) is 5.04. The number of nitrogens with one attached hydrogen (secondary N) is 1. The van der Waals surface area contributed by atoms with Crippen molar-refractivity contribution < 1.29 is 13.7 Å². The summed E-state index contributed by atoms with van der Waals surface area (Å²) < 4.78 is 16.2. The van der Waals surface area contributed by atoms with E-state index in [2.05, 4.69) is 5.32 Å². The SMILES string of the molecule is COc1ccccc1C(=O)Nc1ccc([S@@](N)=O)cc1. The number of ether oxygens (including phenoxy) is 1. The summed E-state index contributed by atoms with van der Waals surface area (Å²) in [6, 6.07) is 13.5. The molecule has 0 aliphatic carbocycles. The van der Waals surface area contributed by atoms with Crippen molar-refractivity contribution in [3.8, 4) is 5.75 Å². The van der Waals surface area contributed by atoms with Crippen LogP contribution in [-0.4, -0.2) is 17.2 Å². The smallest absolute Gasteiger partial charge is 0.259 e. The quantitative estimate of drug-likeness (QED) is 0.902. The molecule has 0 fully saturated rings. The minimum absolute atomic E-state index is 0.274. The molecule has 0 aromatic heterocycles. The van der Waals surface area contributed by atoms with Crippen molar-refractivity contribution >= 4 is 22.6 Å². The fourth-order valence-corrected chi connectivity index (χ4v) is 2.11. The van der Waals surface area contributed by atoms with E-state index in [4.69, 9.17) is 9.88 Å². The number of hydrogen-bond donors (Lipinski definition) is 2. The summed E-state index contributed by atoms with van der Waals surface area (Å²) in [5.74, 6) is 0.230. The zero-order valence-electron chi connectivity index (χ0n) is 10.8. The molecule has 6 heteroatoms. The average Bonchev–Trinajstić information content (AvgIpc) is 2.47. The molecule has 0 aliphatic heterocycles. The number of anilines is 1. The largest absolute Gasteiger partial charge is 0.496 e. The highest BCUT2D eigenvalue weighted by Crippen LogP contribution is 2.19. The summed E-state index contributed by atoms with van der Waals surface area (Å²) in [4.78, 5) is 12.6. The maximum Gasteiger partial charge on any atom is 0.259 e. The highest BCUT2D eigenvalue weighted by Gasteiger charge is 2.11. The Kier molecular flexibility index (Phi) is 4.49. The standard InChI is InChI=1S/C14H14N2O3S/c1-19-13-5-3-2-4-12(13)14(17)16-10-6-8-11(9-7-10)20(15)18/h2-9H,15H2,1H3,(H,16,17)/t20-/m0/s1. The lowest BCUT2D eigenvalue weighted by Gasteiger charge is -2.09. The van der Waals surface area contributed by atoms with Gasteiger partial charge in [0, 0.05) is 5.69 Å². The lowest BCUT2D eigenvalue weighted by atomic mass is 10.2. The summed E-state index contributed by atoms with van der Waals surface area (Å²) in [7, 11) is -0.0123. The normalized spacial score (nSPS) is 11.7. The molecule has 0 radical (unpaired) electrons. The number of benzene rings is 2. The first-order valence-electron chi connectivity index (χ1n) is 5.82. The molecule has 0 aliphatic rings. The molecule has 0 spiro atoms. The molecule has 1 amide bonds. The molecule has 2 aromatic rings. The molecular formula is C14H14N2O3S. The van der Waals surface area contributed by atoms with E-state index in [0.717, 1.165) is 0 Å². The van der Waals surface area contributed by atoms with E-state index in [-0.39, 0.29) is 5.91 Å². The van der Waals surface area contributed by atoms with Crippen LogP contribution in [0.4, 0.5) is 5.69 Å². The second-order valence-electron chi connectivity index (χ2n) is 3.98. The third-order valence-electron chi connectivity index (χ3n) is 2.70. The van der Waals surface area contributed by atoms with Crippen LogP contribution in [0.25, 0.3) is 0 Å². The number of hydrogen-bond acceptors (Lipinski definition) is 3. The third-order valence-corrected chi connectivity index (χ3v) is 3.43. The molecule has 0 saturated heterocycles. The first-order valence-corrected chi connectivity index (χ1v) is 7.03. The molecule has 3 N–H and O–H groups in total. The van der Waals surface area contributed by atoms with Gasteiger partial charge in [-0.05, 0) is 36.4 Å². The van der Waals surface area contributed by atoms with Crippen molar-refractivity contribution in [1.29, 1.82) is 0 Å². The van der Waals surface area contributed by atoms with E-state index in [1.54, 1.807) is 48.5 Å². The van der Waals surface area contributed by atoms with Crippen molar-refractivity contribution in [2.45, 2.75) is 4.90 Å². The van der Waals surface area contributed by atoms with Crippen LogP contribution in [0.2, 0.25) is 0 Å². The van der Waals surface area contributed by atoms with Crippen molar-refractivity contribution in [3.63, 3.8) is 0 Å². The Labute approximate surface area is 119 Å². The van der Waals surface area contributed by atoms with Gasteiger partial charge in [0.25, 0.3) is 5.91 Å². The molecule has 5 nitrogen and oxygen atoms in total. The Morgan fingerprint density at radius 1 is 1.15 bits per heavy atom. The zero-order valence-corrected chi connectivity index (χ0v) is 11.6. The van der Waals surface area contributed by atoms with Gasteiger partial charge in [-0.3, -0.25) is 4.79 Å². The number of amides is 1. The van der Waals surface area contributed by atoms with E-state index in [9.17, 15) is 9.00 Å². The van der Waals surface area contributed by atoms with Gasteiger partial charge in [0.15, 0.2) is 0 Å². The van der Waals surface area contributed by atoms with E-state index >= 15 is 0 Å². The predicted molar refractivity (Wildman–Crippen MR) is 78.0 cm³/mol. The van der Waals surface area contributed by atoms with Gasteiger partial charge in [-0.2, -0.15) is 0 Å². The third kappa shape index (κ3) is 3.23. The molecule has 0 heterocycles. The van der Waals surface area contributed by atoms with Crippen LogP contribution >= 0.6 is 0 Å². The van der Waals surface area contributed by atoms with Crippen LogP contribution < -0.4 is 15.2 Å².